The summed E-state index contributed by atoms with van der Waals surface area (Å²) in [5.74, 6) is 6.09. The molecule has 124 heavy (non-hydrogen) atoms. The second-order valence-corrected chi connectivity index (χ2v) is 28.8. The standard InChI is InChI=1S/C85H110ClF5N14O19/c1-64-3-4-67(82(107)97-71-7-5-68(77(57-71)84(87,88)89)61-102-24-22-101(2)23-25-102)55-66(64)6-10-73-60-93-79-58-75(16-21-105(73)79)123-54-53-121-50-49-119-46-45-117-40-38-114-36-34-112-32-30-110-28-26-104-62-72(98-100-104)63-122-52-51-120-48-47-118-44-43-116-42-41-115-39-37-113-35-33-111-31-29-109-27-18-92-81(106)65-14-19-103(20-15-65)80-76(78-13-17-95-99-78)56-69(59-94-80)83(108)96-70-8-11-74(12-9-70)124-85(86,90)91/h3-5,7-9,11-13,16-17,21,55-60,62,65H,14-15,18-20,22-54,61,63H2,1-2H3,(H,92,106)(H,95,99)(H,96,108)(H,97,107). The number of nitrogens with one attached hydrogen (secondary N) is 4. The lowest BCUT2D eigenvalue weighted by molar-refractivity contribution is -0.138. The number of pyridine rings is 2. The minimum absolute atomic E-state index is 0.0411. The highest BCUT2D eigenvalue weighted by Crippen LogP contribution is 2.36. The molecule has 7 heterocycles. The monoisotopic (exact) mass is 1760 g/mol. The Morgan fingerprint density at radius 1 is 0.556 bits per heavy atom. The van der Waals surface area contributed by atoms with Gasteiger partial charge in [0.1, 0.15) is 41.0 Å². The van der Waals surface area contributed by atoms with Crippen LogP contribution in [0.3, 0.4) is 0 Å². The third kappa shape index (κ3) is 35.5. The molecule has 2 saturated heterocycles. The molecular weight excluding hydrogens is 1650 g/mol. The summed E-state index contributed by atoms with van der Waals surface area (Å²) in [6, 6.07) is 21.4. The first kappa shape index (κ1) is 96.7. The quantitative estimate of drug-likeness (QED) is 0.0120. The molecule has 3 aromatic carbocycles. The number of benzene rings is 3. The van der Waals surface area contributed by atoms with Crippen LogP contribution in [0.5, 0.6) is 11.5 Å². The number of halogens is 6. The Hall–Kier alpha value is -9.48. The van der Waals surface area contributed by atoms with Crippen LogP contribution < -0.4 is 30.3 Å². The Bertz CT molecular complexity index is 4510. The van der Waals surface area contributed by atoms with Gasteiger partial charge in [-0.1, -0.05) is 23.3 Å². The summed E-state index contributed by atoms with van der Waals surface area (Å²) in [5.41, 5.74) is 1.09. The smallest absolute Gasteiger partial charge is 0.487 e. The normalized spacial score (nSPS) is 13.7. The van der Waals surface area contributed by atoms with Crippen LogP contribution in [0.4, 0.5) is 39.1 Å². The number of carbonyl (C=O) groups is 3. The fraction of sp³-hybridized carbons (Fsp3) is 0.529. The lowest BCUT2D eigenvalue weighted by Crippen LogP contribution is -2.44. The lowest BCUT2D eigenvalue weighted by Gasteiger charge is -2.33. The third-order valence-corrected chi connectivity index (χ3v) is 19.3. The molecule has 39 heteroatoms. The zero-order valence-corrected chi connectivity index (χ0v) is 70.6. The van der Waals surface area contributed by atoms with E-state index in [2.05, 4.69) is 72.8 Å². The Morgan fingerprint density at radius 3 is 1.68 bits per heavy atom. The summed E-state index contributed by atoms with van der Waals surface area (Å²) in [4.78, 5) is 55.0. The molecular formula is C85H110ClF5N14O19. The number of nitrogens with zero attached hydrogens (tertiary/aromatic N) is 10. The van der Waals surface area contributed by atoms with Gasteiger partial charge in [0.15, 0.2) is 0 Å². The van der Waals surface area contributed by atoms with E-state index in [1.165, 1.54) is 42.6 Å². The molecule has 0 saturated carbocycles. The van der Waals surface area contributed by atoms with E-state index < -0.39 is 29.1 Å². The third-order valence-electron chi connectivity index (χ3n) is 19.2. The SMILES string of the molecule is Cc1ccc(C(=O)Nc2ccc(CN3CCN(C)CC3)c(C(F)(F)F)c2)cc1C#Cc1cnc2cc(OCCOCCOCCOCCOCCOCCOCCn3cc(COCCOCCOCCOCCOCCOCCOCCOCCNC(=O)C4CCN(c5ncc(C(=O)Nc6ccc(OC(F)(F)Cl)cc6)cc5-c5ccn[nH]5)CC4)nn3)ccn12. The van der Waals surface area contributed by atoms with Gasteiger partial charge in [0, 0.05) is 123 Å². The van der Waals surface area contributed by atoms with Crippen LogP contribution in [0.2, 0.25) is 0 Å². The van der Waals surface area contributed by atoms with Gasteiger partial charge in [-0.2, -0.15) is 18.3 Å². The number of rotatable bonds is 59. The number of carbonyl (C=O) groups excluding carboxylic acids is 3. The molecule has 0 atom stereocenters. The van der Waals surface area contributed by atoms with Crippen molar-refractivity contribution in [1.29, 1.82) is 0 Å². The van der Waals surface area contributed by atoms with Crippen molar-refractivity contribution in [2.45, 2.75) is 51.2 Å². The summed E-state index contributed by atoms with van der Waals surface area (Å²) in [6.07, 6.45) is 4.93. The molecule has 3 amide bonds. The number of aromatic nitrogens is 8. The zero-order chi connectivity index (χ0) is 87.2. The number of amides is 3. The first-order valence-corrected chi connectivity index (χ1v) is 41.6. The number of aromatic amines is 1. The first-order chi connectivity index (χ1) is 60.4. The minimum atomic E-state index is -4.59. The second kappa shape index (κ2) is 53.8. The summed E-state index contributed by atoms with van der Waals surface area (Å²) < 4.78 is 161. The number of piperidine rings is 1. The van der Waals surface area contributed by atoms with Crippen LogP contribution in [0.15, 0.2) is 116 Å². The molecule has 2 aliphatic rings. The number of likely N-dealkylation sites (N-methyl/N-ethyl adjacent to an activating group) is 1. The van der Waals surface area contributed by atoms with Gasteiger partial charge in [0.2, 0.25) is 5.91 Å². The van der Waals surface area contributed by atoms with Crippen molar-refractivity contribution in [3.8, 4) is 34.6 Å². The molecule has 4 N–H and O–H groups in total. The maximum atomic E-state index is 14.2. The molecule has 2 aliphatic heterocycles. The van der Waals surface area contributed by atoms with Crippen molar-refractivity contribution in [1.82, 2.24) is 54.7 Å². The number of hydrogen-bond donors (Lipinski definition) is 4. The van der Waals surface area contributed by atoms with Crippen molar-refractivity contribution in [3.05, 3.63) is 161 Å². The van der Waals surface area contributed by atoms with Crippen LogP contribution in [0.25, 0.3) is 16.9 Å². The van der Waals surface area contributed by atoms with Gasteiger partial charge in [0.05, 0.1) is 221 Å². The molecule has 676 valence electrons. The van der Waals surface area contributed by atoms with Gasteiger partial charge in [-0.25, -0.2) is 14.6 Å². The topological polar surface area (TPSA) is 334 Å². The van der Waals surface area contributed by atoms with Gasteiger partial charge in [-0.15, -0.1) is 13.9 Å². The largest absolute Gasteiger partial charge is 0.491 e. The number of aryl methyl sites for hydroxylation is 1. The number of H-pyrrole nitrogens is 1. The van der Waals surface area contributed by atoms with Crippen molar-refractivity contribution >= 4 is 52.2 Å². The van der Waals surface area contributed by atoms with Crippen LogP contribution >= 0.6 is 11.6 Å². The molecule has 10 rings (SSSR count). The van der Waals surface area contributed by atoms with Gasteiger partial charge >= 0.3 is 11.7 Å². The van der Waals surface area contributed by atoms with Crippen LogP contribution in [-0.4, -0.2) is 311 Å². The average Bonchev–Trinajstić information content (AvgIpc) is 1.77. The summed E-state index contributed by atoms with van der Waals surface area (Å²) >= 11 is 4.84. The van der Waals surface area contributed by atoms with E-state index in [1.54, 1.807) is 65.7 Å². The molecule has 33 nitrogen and oxygen atoms in total. The van der Waals surface area contributed by atoms with Crippen molar-refractivity contribution in [2.24, 2.45) is 5.92 Å². The van der Waals surface area contributed by atoms with Crippen molar-refractivity contribution < 1.29 is 112 Å². The van der Waals surface area contributed by atoms with Gasteiger partial charge in [0.25, 0.3) is 11.8 Å². The molecule has 2 fully saturated rings. The van der Waals surface area contributed by atoms with Gasteiger partial charge < -0.3 is 102 Å². The molecule has 0 spiro atoms. The predicted molar refractivity (Wildman–Crippen MR) is 446 cm³/mol. The van der Waals surface area contributed by atoms with E-state index >= 15 is 0 Å². The van der Waals surface area contributed by atoms with Crippen LogP contribution in [0, 0.1) is 24.7 Å². The number of imidazole rings is 1. The number of ether oxygens (including phenoxy) is 16. The van der Waals surface area contributed by atoms with E-state index in [-0.39, 0.29) is 46.5 Å². The molecule has 0 aliphatic carbocycles. The molecule has 8 aromatic rings. The van der Waals surface area contributed by atoms with Crippen LogP contribution in [0.1, 0.15) is 67.2 Å². The number of piperazine rings is 1. The molecule has 0 unspecified atom stereocenters. The highest BCUT2D eigenvalue weighted by molar-refractivity contribution is 6.20. The van der Waals surface area contributed by atoms with E-state index in [0.717, 1.165) is 24.7 Å². The number of fused-ring (bicyclic) bond motifs is 1. The fourth-order valence-electron chi connectivity index (χ4n) is 12.6. The molecule has 5 aromatic heterocycles. The average molecular weight is 1760 g/mol. The minimum Gasteiger partial charge on any atom is -0.491 e. The molecule has 0 radical (unpaired) electrons. The maximum absolute atomic E-state index is 14.2. The van der Waals surface area contributed by atoms with Gasteiger partial charge in [-0.3, -0.25) is 28.8 Å². The number of alkyl halides is 6. The van der Waals surface area contributed by atoms with Gasteiger partial charge in [-0.05, 0) is 111 Å². The summed E-state index contributed by atoms with van der Waals surface area (Å²) in [5, 5.41) is 23.6. The van der Waals surface area contributed by atoms with E-state index in [4.69, 9.17) is 82.7 Å². The Kier molecular flexibility index (Phi) is 41.9. The number of hydrogen-bond acceptors (Lipinski definition) is 27. The highest BCUT2D eigenvalue weighted by atomic mass is 35.5. The predicted octanol–water partition coefficient (Wildman–Crippen LogP) is 8.70. The first-order valence-electron chi connectivity index (χ1n) is 41.2. The lowest BCUT2D eigenvalue weighted by atomic mass is 9.95. The van der Waals surface area contributed by atoms with Crippen molar-refractivity contribution in [3.63, 3.8) is 0 Å². The summed E-state index contributed by atoms with van der Waals surface area (Å²) in [7, 11) is 1.99. The van der Waals surface area contributed by atoms with Crippen molar-refractivity contribution in [2.75, 3.05) is 253 Å². The van der Waals surface area contributed by atoms with Crippen LogP contribution in [-0.2, 0) is 97.0 Å². The maximum Gasteiger partial charge on any atom is 0.487 e. The zero-order valence-electron chi connectivity index (χ0n) is 69.8. The fourth-order valence-corrected chi connectivity index (χ4v) is 12.7. The summed E-state index contributed by atoms with van der Waals surface area (Å²) in [6.45, 7) is 18.8. The Morgan fingerprint density at radius 2 is 1.10 bits per heavy atom. The second-order valence-electron chi connectivity index (χ2n) is 28.4. The molecule has 0 bridgehead atoms. The number of anilines is 3. The Labute approximate surface area is 721 Å². The van der Waals surface area contributed by atoms with E-state index in [9.17, 15) is 36.3 Å². The van der Waals surface area contributed by atoms with E-state index in [0.29, 0.717) is 295 Å². The highest BCUT2D eigenvalue weighted by Gasteiger charge is 2.35. The Balaban J connectivity index is 0.429. The van der Waals surface area contributed by atoms with E-state index in [1.807, 2.05) is 29.5 Å².